The van der Waals surface area contributed by atoms with E-state index in [0.717, 1.165) is 11.8 Å². The highest BCUT2D eigenvalue weighted by Crippen LogP contribution is 2.25. The van der Waals surface area contributed by atoms with E-state index < -0.39 is 9.84 Å². The number of hydrogen-bond donors (Lipinski definition) is 0. The maximum Gasteiger partial charge on any atom is 0.247 e. The summed E-state index contributed by atoms with van der Waals surface area (Å²) >= 11 is 6.09. The molecule has 3 aromatic rings. The molecule has 0 bridgehead atoms. The highest BCUT2D eigenvalue weighted by molar-refractivity contribution is 7.90. The van der Waals surface area contributed by atoms with Crippen LogP contribution in [0.25, 0.3) is 11.0 Å². The molecule has 0 N–H and O–H groups in total. The van der Waals surface area contributed by atoms with Crippen LogP contribution in [0.2, 0.25) is 5.02 Å². The largest absolute Gasteiger partial charge is 0.310 e. The van der Waals surface area contributed by atoms with Crippen LogP contribution in [-0.2, 0) is 21.2 Å². The van der Waals surface area contributed by atoms with Crippen molar-refractivity contribution in [3.8, 4) is 6.07 Å². The van der Waals surface area contributed by atoms with Crippen molar-refractivity contribution < 1.29 is 13.2 Å². The van der Waals surface area contributed by atoms with Gasteiger partial charge in [-0.05, 0) is 42.8 Å². The molecule has 0 aliphatic heterocycles. The number of fused-ring (bicyclic) bond motifs is 1. The van der Waals surface area contributed by atoms with Gasteiger partial charge in [0, 0.05) is 23.5 Å². The molecule has 2 aromatic carbocycles. The molecule has 0 aliphatic rings. The Morgan fingerprint density at radius 2 is 2.00 bits per heavy atom. The predicted molar refractivity (Wildman–Crippen MR) is 112 cm³/mol. The summed E-state index contributed by atoms with van der Waals surface area (Å²) in [6, 6.07) is 14.1. The first-order chi connectivity index (χ1) is 13.7. The van der Waals surface area contributed by atoms with Gasteiger partial charge < -0.3 is 9.47 Å². The van der Waals surface area contributed by atoms with Gasteiger partial charge in [0.2, 0.25) is 20.9 Å². The van der Waals surface area contributed by atoms with Crippen LogP contribution in [0.1, 0.15) is 12.0 Å². The molecular weight excluding hydrogens is 412 g/mol. The minimum Gasteiger partial charge on any atom is -0.310 e. The van der Waals surface area contributed by atoms with E-state index in [1.54, 1.807) is 42.5 Å². The molecule has 1 aromatic heterocycles. The van der Waals surface area contributed by atoms with Crippen LogP contribution in [0.4, 0.5) is 5.69 Å². The number of carbonyl (C=O) groups is 1. The van der Waals surface area contributed by atoms with E-state index in [1.165, 1.54) is 9.47 Å². The SMILES string of the molecule is Cc1cc(N(CCC#N)C(=O)Cn2c(S(C)(=O)=O)nc3ccccc32)ccc1Cl. The van der Waals surface area contributed by atoms with E-state index in [0.29, 0.717) is 21.7 Å². The maximum absolute atomic E-state index is 13.2. The number of benzene rings is 2. The van der Waals surface area contributed by atoms with Gasteiger partial charge >= 0.3 is 0 Å². The number of nitriles is 1. The van der Waals surface area contributed by atoms with Crippen LogP contribution >= 0.6 is 11.6 Å². The lowest BCUT2D eigenvalue weighted by atomic mass is 10.2. The molecule has 0 radical (unpaired) electrons. The number of aryl methyl sites for hydroxylation is 1. The molecule has 0 unspecified atom stereocenters. The maximum atomic E-state index is 13.2. The van der Waals surface area contributed by atoms with Crippen molar-refractivity contribution in [2.75, 3.05) is 17.7 Å². The summed E-state index contributed by atoms with van der Waals surface area (Å²) in [5, 5.41) is 9.39. The number of halogens is 1. The van der Waals surface area contributed by atoms with Crippen molar-refractivity contribution in [2.24, 2.45) is 0 Å². The summed E-state index contributed by atoms with van der Waals surface area (Å²) in [6.45, 7) is 1.77. The molecule has 7 nitrogen and oxygen atoms in total. The normalized spacial score (nSPS) is 11.4. The van der Waals surface area contributed by atoms with Crippen molar-refractivity contribution in [1.29, 1.82) is 5.26 Å². The molecule has 0 saturated heterocycles. The second-order valence-corrected chi connectivity index (χ2v) is 8.95. The molecule has 0 atom stereocenters. The first-order valence-corrected chi connectivity index (χ1v) is 11.1. The number of carbonyl (C=O) groups excluding carboxylic acids is 1. The lowest BCUT2D eigenvalue weighted by molar-refractivity contribution is -0.119. The molecule has 0 spiro atoms. The number of anilines is 1. The summed E-state index contributed by atoms with van der Waals surface area (Å²) in [5.74, 6) is -0.352. The Labute approximate surface area is 174 Å². The lowest BCUT2D eigenvalue weighted by Crippen LogP contribution is -2.35. The van der Waals surface area contributed by atoms with E-state index in [2.05, 4.69) is 4.98 Å². The Balaban J connectivity index is 2.04. The smallest absolute Gasteiger partial charge is 0.247 e. The Bertz CT molecular complexity index is 1230. The molecule has 0 fully saturated rings. The first kappa shape index (κ1) is 20.8. The topological polar surface area (TPSA) is 96.1 Å². The molecule has 0 saturated carbocycles. The average molecular weight is 431 g/mol. The van der Waals surface area contributed by atoms with Crippen LogP contribution in [0.3, 0.4) is 0 Å². The number of nitrogens with zero attached hydrogens (tertiary/aromatic N) is 4. The van der Waals surface area contributed by atoms with Gasteiger partial charge in [-0.3, -0.25) is 4.79 Å². The van der Waals surface area contributed by atoms with Gasteiger partial charge in [0.05, 0.1) is 23.5 Å². The van der Waals surface area contributed by atoms with Crippen molar-refractivity contribution in [1.82, 2.24) is 9.55 Å². The zero-order valence-electron chi connectivity index (χ0n) is 16.0. The summed E-state index contributed by atoms with van der Waals surface area (Å²) in [6.07, 6.45) is 1.20. The van der Waals surface area contributed by atoms with Gasteiger partial charge in [-0.1, -0.05) is 23.7 Å². The summed E-state index contributed by atoms with van der Waals surface area (Å²) < 4.78 is 25.9. The summed E-state index contributed by atoms with van der Waals surface area (Å²) in [5.41, 5.74) is 2.43. The molecule has 9 heteroatoms. The van der Waals surface area contributed by atoms with E-state index >= 15 is 0 Å². The van der Waals surface area contributed by atoms with Crippen molar-refractivity contribution in [3.63, 3.8) is 0 Å². The Morgan fingerprint density at radius 3 is 2.66 bits per heavy atom. The second kappa shape index (κ2) is 8.23. The lowest BCUT2D eigenvalue weighted by Gasteiger charge is -2.23. The quantitative estimate of drug-likeness (QED) is 0.597. The van der Waals surface area contributed by atoms with Gasteiger partial charge in [-0.15, -0.1) is 0 Å². The number of hydrogen-bond acceptors (Lipinski definition) is 5. The number of imidazole rings is 1. The Morgan fingerprint density at radius 1 is 1.28 bits per heavy atom. The van der Waals surface area contributed by atoms with Crippen LogP contribution in [0, 0.1) is 18.3 Å². The van der Waals surface area contributed by atoms with Crippen molar-refractivity contribution in [3.05, 3.63) is 53.1 Å². The summed E-state index contributed by atoms with van der Waals surface area (Å²) in [4.78, 5) is 18.8. The Hall–Kier alpha value is -2.89. The molecule has 0 aliphatic carbocycles. The molecule has 1 heterocycles. The fourth-order valence-electron chi connectivity index (χ4n) is 3.07. The van der Waals surface area contributed by atoms with Crippen LogP contribution in [0.5, 0.6) is 0 Å². The third-order valence-corrected chi connectivity index (χ3v) is 5.85. The molecule has 3 rings (SSSR count). The minimum atomic E-state index is -3.65. The first-order valence-electron chi connectivity index (χ1n) is 8.81. The predicted octanol–water partition coefficient (Wildman–Crippen LogP) is 3.35. The van der Waals surface area contributed by atoms with Crippen molar-refractivity contribution >= 4 is 44.1 Å². The van der Waals surface area contributed by atoms with Gasteiger partial charge in [0.25, 0.3) is 0 Å². The average Bonchev–Trinajstić information content (AvgIpc) is 3.04. The van der Waals surface area contributed by atoms with Crippen LogP contribution < -0.4 is 4.90 Å². The fourth-order valence-corrected chi connectivity index (χ4v) is 4.01. The van der Waals surface area contributed by atoms with Crippen LogP contribution in [-0.4, -0.2) is 36.7 Å². The minimum absolute atomic E-state index is 0.136. The van der Waals surface area contributed by atoms with E-state index in [9.17, 15) is 13.2 Å². The number of amides is 1. The van der Waals surface area contributed by atoms with Gasteiger partial charge in [-0.2, -0.15) is 5.26 Å². The highest BCUT2D eigenvalue weighted by Gasteiger charge is 2.24. The van der Waals surface area contributed by atoms with E-state index in [4.69, 9.17) is 16.9 Å². The number of rotatable bonds is 6. The molecule has 29 heavy (non-hydrogen) atoms. The van der Waals surface area contributed by atoms with Crippen LogP contribution in [0.15, 0.2) is 47.6 Å². The van der Waals surface area contributed by atoms with E-state index in [-0.39, 0.29) is 30.6 Å². The summed E-state index contributed by atoms with van der Waals surface area (Å²) in [7, 11) is -3.65. The zero-order chi connectivity index (χ0) is 21.2. The fraction of sp³-hybridized carbons (Fsp3) is 0.250. The van der Waals surface area contributed by atoms with Gasteiger partial charge in [0.15, 0.2) is 0 Å². The molecular formula is C20H19ClN4O3S. The van der Waals surface area contributed by atoms with Gasteiger partial charge in [-0.25, -0.2) is 13.4 Å². The third-order valence-electron chi connectivity index (χ3n) is 4.45. The second-order valence-electron chi connectivity index (χ2n) is 6.63. The Kier molecular flexibility index (Phi) is 5.91. The van der Waals surface area contributed by atoms with E-state index in [1.807, 2.05) is 13.0 Å². The standard InChI is InChI=1S/C20H19ClN4O3S/c1-14-12-15(8-9-16(14)21)24(11-5-10-22)19(26)13-25-18-7-4-3-6-17(18)23-20(25)29(2,27)28/h3-4,6-9,12H,5,11,13H2,1-2H3. The highest BCUT2D eigenvalue weighted by atomic mass is 35.5. The zero-order valence-corrected chi connectivity index (χ0v) is 17.5. The third kappa shape index (κ3) is 4.42. The number of sulfone groups is 1. The monoisotopic (exact) mass is 430 g/mol. The van der Waals surface area contributed by atoms with Gasteiger partial charge in [0.1, 0.15) is 6.54 Å². The van der Waals surface area contributed by atoms with Crippen molar-refractivity contribution in [2.45, 2.75) is 25.0 Å². The number of aromatic nitrogens is 2. The number of para-hydroxylation sites is 2. The molecule has 150 valence electrons. The molecule has 1 amide bonds.